The molecule has 1 aromatic carbocycles. The molecule has 2 aromatic heterocycles. The number of aromatic nitrogens is 2. The standard InChI is InChI=1S/C13H9Cl2N3OS/c14-7-1-2-9-10(5-7)20-12(11(9)15)13(19)16-6-8-3-4-17-18-8/h1-5H,6H2,(H,16,19)(H,17,18). The Bertz CT molecular complexity index is 767. The van der Waals surface area contributed by atoms with Crippen LogP contribution >= 0.6 is 34.5 Å². The Morgan fingerprint density at radius 2 is 2.20 bits per heavy atom. The Morgan fingerprint density at radius 1 is 1.35 bits per heavy atom. The van der Waals surface area contributed by atoms with Crippen molar-refractivity contribution < 1.29 is 4.79 Å². The molecule has 0 saturated heterocycles. The van der Waals surface area contributed by atoms with Gasteiger partial charge in [-0.15, -0.1) is 11.3 Å². The molecule has 2 N–H and O–H groups in total. The third-order valence-corrected chi connectivity index (χ3v) is 4.69. The predicted molar refractivity (Wildman–Crippen MR) is 81.6 cm³/mol. The fourth-order valence-electron chi connectivity index (χ4n) is 1.82. The van der Waals surface area contributed by atoms with Crippen LogP contribution in [0.2, 0.25) is 10.0 Å². The lowest BCUT2D eigenvalue weighted by molar-refractivity contribution is 0.0954. The second-order valence-electron chi connectivity index (χ2n) is 4.15. The molecule has 0 aliphatic rings. The van der Waals surface area contributed by atoms with Crippen LogP contribution in [0.5, 0.6) is 0 Å². The molecule has 4 nitrogen and oxygen atoms in total. The number of H-pyrrole nitrogens is 1. The third kappa shape index (κ3) is 2.52. The van der Waals surface area contributed by atoms with Crippen molar-refractivity contribution in [3.8, 4) is 0 Å². The average Bonchev–Trinajstić information content (AvgIpc) is 3.04. The number of carbonyl (C=O) groups is 1. The molecule has 0 unspecified atom stereocenters. The number of hydrogen-bond acceptors (Lipinski definition) is 3. The van der Waals surface area contributed by atoms with Gasteiger partial charge in [-0.05, 0) is 18.2 Å². The first kappa shape index (κ1) is 13.4. The van der Waals surface area contributed by atoms with Crippen molar-refractivity contribution in [3.63, 3.8) is 0 Å². The number of benzene rings is 1. The number of amides is 1. The Labute approximate surface area is 128 Å². The Morgan fingerprint density at radius 3 is 2.95 bits per heavy atom. The number of carbonyl (C=O) groups excluding carboxylic acids is 1. The number of fused-ring (bicyclic) bond motifs is 1. The van der Waals surface area contributed by atoms with E-state index in [4.69, 9.17) is 23.2 Å². The number of rotatable bonds is 3. The largest absolute Gasteiger partial charge is 0.346 e. The summed E-state index contributed by atoms with van der Waals surface area (Å²) in [4.78, 5) is 12.7. The van der Waals surface area contributed by atoms with E-state index in [1.54, 1.807) is 24.4 Å². The first-order valence-electron chi connectivity index (χ1n) is 5.79. The summed E-state index contributed by atoms with van der Waals surface area (Å²) in [5.74, 6) is -0.207. The molecule has 0 fully saturated rings. The van der Waals surface area contributed by atoms with Crippen molar-refractivity contribution in [1.82, 2.24) is 15.5 Å². The lowest BCUT2D eigenvalue weighted by Gasteiger charge is -2.01. The molecule has 20 heavy (non-hydrogen) atoms. The second kappa shape index (κ2) is 5.44. The highest BCUT2D eigenvalue weighted by molar-refractivity contribution is 7.21. The minimum absolute atomic E-state index is 0.207. The van der Waals surface area contributed by atoms with Crippen LogP contribution in [0, 0.1) is 0 Å². The van der Waals surface area contributed by atoms with Crippen LogP contribution in [0.3, 0.4) is 0 Å². The molecule has 0 aliphatic heterocycles. The normalized spacial score (nSPS) is 10.9. The van der Waals surface area contributed by atoms with Crippen molar-refractivity contribution in [2.24, 2.45) is 0 Å². The summed E-state index contributed by atoms with van der Waals surface area (Å²) in [7, 11) is 0. The van der Waals surface area contributed by atoms with Gasteiger partial charge >= 0.3 is 0 Å². The maximum absolute atomic E-state index is 12.2. The van der Waals surface area contributed by atoms with E-state index in [2.05, 4.69) is 15.5 Å². The summed E-state index contributed by atoms with van der Waals surface area (Å²) in [6, 6.07) is 7.18. The fourth-order valence-corrected chi connectivity index (χ4v) is 3.53. The zero-order chi connectivity index (χ0) is 14.1. The minimum atomic E-state index is -0.207. The van der Waals surface area contributed by atoms with Crippen molar-refractivity contribution in [3.05, 3.63) is 51.1 Å². The summed E-state index contributed by atoms with van der Waals surface area (Å²) < 4.78 is 0.897. The van der Waals surface area contributed by atoms with Crippen LogP contribution in [0.15, 0.2) is 30.5 Å². The third-order valence-electron chi connectivity index (χ3n) is 2.80. The summed E-state index contributed by atoms with van der Waals surface area (Å²) in [6.07, 6.45) is 1.63. The van der Waals surface area contributed by atoms with Gasteiger partial charge < -0.3 is 5.32 Å². The van der Waals surface area contributed by atoms with Gasteiger partial charge in [0.2, 0.25) is 0 Å². The Kier molecular flexibility index (Phi) is 3.65. The number of hydrogen-bond donors (Lipinski definition) is 2. The molecule has 0 spiro atoms. The van der Waals surface area contributed by atoms with E-state index in [9.17, 15) is 4.79 Å². The van der Waals surface area contributed by atoms with E-state index in [1.165, 1.54) is 11.3 Å². The number of halogens is 2. The molecule has 2 heterocycles. The van der Waals surface area contributed by atoms with Crippen molar-refractivity contribution in [2.75, 3.05) is 0 Å². The quantitative estimate of drug-likeness (QED) is 0.768. The van der Waals surface area contributed by atoms with E-state index in [1.807, 2.05) is 6.07 Å². The summed E-state index contributed by atoms with van der Waals surface area (Å²) in [6.45, 7) is 0.379. The smallest absolute Gasteiger partial charge is 0.263 e. The van der Waals surface area contributed by atoms with Crippen molar-refractivity contribution in [2.45, 2.75) is 6.54 Å². The average molecular weight is 326 g/mol. The molecule has 7 heteroatoms. The molecule has 3 rings (SSSR count). The summed E-state index contributed by atoms with van der Waals surface area (Å²) in [5.41, 5.74) is 0.832. The molecular formula is C13H9Cl2N3OS. The van der Waals surface area contributed by atoms with Gasteiger partial charge in [0.25, 0.3) is 5.91 Å². The number of aromatic amines is 1. The van der Waals surface area contributed by atoms with E-state index in [0.29, 0.717) is 21.5 Å². The van der Waals surface area contributed by atoms with Gasteiger partial charge in [-0.3, -0.25) is 9.89 Å². The Balaban J connectivity index is 1.85. The zero-order valence-corrected chi connectivity index (χ0v) is 12.4. The van der Waals surface area contributed by atoms with Crippen molar-refractivity contribution >= 4 is 50.5 Å². The molecule has 3 aromatic rings. The molecule has 0 saturated carbocycles. The Hall–Kier alpha value is -1.56. The summed E-state index contributed by atoms with van der Waals surface area (Å²) >= 11 is 13.5. The van der Waals surface area contributed by atoms with E-state index >= 15 is 0 Å². The van der Waals surface area contributed by atoms with Gasteiger partial charge in [-0.2, -0.15) is 5.10 Å². The summed E-state index contributed by atoms with van der Waals surface area (Å²) in [5, 5.41) is 11.3. The fraction of sp³-hybridized carbons (Fsp3) is 0.0769. The molecule has 102 valence electrons. The first-order valence-corrected chi connectivity index (χ1v) is 7.36. The SMILES string of the molecule is O=C(NCc1ccn[nH]1)c1sc2cc(Cl)ccc2c1Cl. The van der Waals surface area contributed by atoms with Crippen molar-refractivity contribution in [1.29, 1.82) is 0 Å². The molecule has 1 amide bonds. The highest BCUT2D eigenvalue weighted by atomic mass is 35.5. The van der Waals surface area contributed by atoms with E-state index < -0.39 is 0 Å². The maximum Gasteiger partial charge on any atom is 0.263 e. The number of nitrogens with one attached hydrogen (secondary N) is 2. The van der Waals surface area contributed by atoms with Gasteiger partial charge in [0.05, 0.1) is 17.3 Å². The van der Waals surface area contributed by atoms with Gasteiger partial charge in [0, 0.05) is 21.3 Å². The molecule has 0 aliphatic carbocycles. The monoisotopic (exact) mass is 325 g/mol. The van der Waals surface area contributed by atoms with Crippen LogP contribution in [0.25, 0.3) is 10.1 Å². The molecule has 0 atom stereocenters. The van der Waals surface area contributed by atoms with Crippen LogP contribution in [0.1, 0.15) is 15.4 Å². The highest BCUT2D eigenvalue weighted by Crippen LogP contribution is 2.36. The van der Waals surface area contributed by atoms with Gasteiger partial charge in [-0.25, -0.2) is 0 Å². The second-order valence-corrected chi connectivity index (χ2v) is 6.02. The lowest BCUT2D eigenvalue weighted by atomic mass is 10.2. The van der Waals surface area contributed by atoms with Gasteiger partial charge in [-0.1, -0.05) is 29.3 Å². The van der Waals surface area contributed by atoms with E-state index in [0.717, 1.165) is 15.8 Å². The predicted octanol–water partition coefficient (Wildman–Crippen LogP) is 3.86. The van der Waals surface area contributed by atoms with Crippen LogP contribution in [-0.2, 0) is 6.54 Å². The topological polar surface area (TPSA) is 57.8 Å². The lowest BCUT2D eigenvalue weighted by Crippen LogP contribution is -2.22. The minimum Gasteiger partial charge on any atom is -0.346 e. The molecular weight excluding hydrogens is 317 g/mol. The van der Waals surface area contributed by atoms with Crippen LogP contribution in [0.4, 0.5) is 0 Å². The van der Waals surface area contributed by atoms with E-state index in [-0.39, 0.29) is 5.91 Å². The molecule has 0 bridgehead atoms. The maximum atomic E-state index is 12.2. The van der Waals surface area contributed by atoms with Gasteiger partial charge in [0.1, 0.15) is 4.88 Å². The number of nitrogens with zero attached hydrogens (tertiary/aromatic N) is 1. The number of thiophene rings is 1. The highest BCUT2D eigenvalue weighted by Gasteiger charge is 2.17. The van der Waals surface area contributed by atoms with Crippen LogP contribution in [-0.4, -0.2) is 16.1 Å². The van der Waals surface area contributed by atoms with Gasteiger partial charge in [0.15, 0.2) is 0 Å². The first-order chi connectivity index (χ1) is 9.65. The molecule has 0 radical (unpaired) electrons. The zero-order valence-electron chi connectivity index (χ0n) is 10.1. The van der Waals surface area contributed by atoms with Crippen LogP contribution < -0.4 is 5.32 Å².